The van der Waals surface area contributed by atoms with E-state index in [0.717, 1.165) is 10.7 Å². The van der Waals surface area contributed by atoms with Gasteiger partial charge in [-0.3, -0.25) is 4.79 Å². The lowest BCUT2D eigenvalue weighted by Crippen LogP contribution is -2.20. The highest BCUT2D eigenvalue weighted by Gasteiger charge is 2.39. The Balaban J connectivity index is 2.11. The Morgan fingerprint density at radius 3 is 2.81 bits per heavy atom. The molecule has 2 aliphatic heterocycles. The number of hydrogen-bond acceptors (Lipinski definition) is 6. The lowest BCUT2D eigenvalue weighted by molar-refractivity contribution is -0.143. The third-order valence-electron chi connectivity index (χ3n) is 3.27. The van der Waals surface area contributed by atoms with Crippen molar-refractivity contribution in [1.29, 1.82) is 0 Å². The quantitative estimate of drug-likeness (QED) is 0.728. The number of ether oxygens (including phenoxy) is 2. The van der Waals surface area contributed by atoms with E-state index in [1.54, 1.807) is 6.92 Å². The predicted octanol–water partition coefficient (Wildman–Crippen LogP) is 2.64. The largest absolute Gasteiger partial charge is 0.466 e. The van der Waals surface area contributed by atoms with E-state index in [1.807, 2.05) is 31.1 Å². The summed E-state index contributed by atoms with van der Waals surface area (Å²) in [5.41, 5.74) is 1.61. The van der Waals surface area contributed by atoms with E-state index in [9.17, 15) is 9.59 Å². The first kappa shape index (κ1) is 15.9. The van der Waals surface area contributed by atoms with E-state index in [2.05, 4.69) is 0 Å². The van der Waals surface area contributed by atoms with Crippen LogP contribution in [0.15, 0.2) is 21.7 Å². The molecule has 21 heavy (non-hydrogen) atoms. The van der Waals surface area contributed by atoms with Crippen molar-refractivity contribution < 1.29 is 19.1 Å². The van der Waals surface area contributed by atoms with Crippen LogP contribution in [0.25, 0.3) is 0 Å². The Bertz CT molecular complexity index is 510. The van der Waals surface area contributed by atoms with Crippen molar-refractivity contribution in [2.45, 2.75) is 40.2 Å². The second-order valence-electron chi connectivity index (χ2n) is 5.39. The molecule has 2 rings (SSSR count). The molecule has 2 heterocycles. The minimum absolute atomic E-state index is 0.102. The molecule has 1 atom stereocenters. The molecule has 5 nitrogen and oxygen atoms in total. The number of carbonyl (C=O) groups excluding carboxylic acids is 2. The van der Waals surface area contributed by atoms with Crippen LogP contribution in [-0.2, 0) is 19.1 Å². The third-order valence-corrected chi connectivity index (χ3v) is 4.33. The number of thioether (sulfide) groups is 1. The molecule has 0 spiro atoms. The van der Waals surface area contributed by atoms with Gasteiger partial charge in [-0.1, -0.05) is 18.7 Å². The van der Waals surface area contributed by atoms with Crippen molar-refractivity contribution >= 4 is 23.7 Å². The molecule has 0 saturated carbocycles. The van der Waals surface area contributed by atoms with E-state index in [4.69, 9.17) is 9.47 Å². The monoisotopic (exact) mass is 311 g/mol. The highest BCUT2D eigenvalue weighted by Crippen LogP contribution is 2.45. The maximum absolute atomic E-state index is 12.2. The fraction of sp³-hybridized carbons (Fsp3) is 0.600. The Kier molecular flexibility index (Phi) is 4.98. The summed E-state index contributed by atoms with van der Waals surface area (Å²) in [6, 6.07) is 0. The van der Waals surface area contributed by atoms with Gasteiger partial charge in [0, 0.05) is 18.2 Å². The maximum atomic E-state index is 12.2. The normalized spacial score (nSPS) is 20.7. The van der Waals surface area contributed by atoms with Crippen molar-refractivity contribution in [2.24, 2.45) is 5.92 Å². The van der Waals surface area contributed by atoms with E-state index in [1.165, 1.54) is 11.8 Å². The summed E-state index contributed by atoms with van der Waals surface area (Å²) < 4.78 is 10.3. The fourth-order valence-electron chi connectivity index (χ4n) is 2.43. The van der Waals surface area contributed by atoms with Gasteiger partial charge >= 0.3 is 11.9 Å². The maximum Gasteiger partial charge on any atom is 0.337 e. The molecule has 0 saturated heterocycles. The number of hydrogen-bond donors (Lipinski definition) is 0. The highest BCUT2D eigenvalue weighted by molar-refractivity contribution is 8.06. The second-order valence-corrected chi connectivity index (χ2v) is 6.25. The summed E-state index contributed by atoms with van der Waals surface area (Å²) in [5, 5.41) is 2.81. The summed E-state index contributed by atoms with van der Waals surface area (Å²) >= 11 is 1.48. The Labute approximate surface area is 129 Å². The number of carbonyl (C=O) groups is 2. The average molecular weight is 311 g/mol. The standard InChI is InChI=1S/C15H21NO4S/c1-5-19-12(17)6-11-8-21-14-13(10(4)7-16(11)14)15(18)20-9(2)3/h8-10H,5-7H2,1-4H3. The van der Waals surface area contributed by atoms with Crippen LogP contribution >= 0.6 is 11.8 Å². The van der Waals surface area contributed by atoms with Crippen LogP contribution in [0.4, 0.5) is 0 Å². The van der Waals surface area contributed by atoms with E-state index >= 15 is 0 Å². The van der Waals surface area contributed by atoms with Gasteiger partial charge in [0.15, 0.2) is 0 Å². The number of rotatable bonds is 5. The summed E-state index contributed by atoms with van der Waals surface area (Å²) in [6.45, 7) is 8.56. The molecule has 0 amide bonds. The van der Waals surface area contributed by atoms with E-state index in [0.29, 0.717) is 18.7 Å². The van der Waals surface area contributed by atoms with E-state index in [-0.39, 0.29) is 30.4 Å². The molecular weight excluding hydrogens is 290 g/mol. The molecule has 6 heteroatoms. The molecule has 0 aromatic carbocycles. The van der Waals surface area contributed by atoms with Crippen LogP contribution in [0.3, 0.4) is 0 Å². The first-order valence-electron chi connectivity index (χ1n) is 7.18. The van der Waals surface area contributed by atoms with Crippen LogP contribution in [-0.4, -0.2) is 36.1 Å². The summed E-state index contributed by atoms with van der Waals surface area (Å²) in [4.78, 5) is 25.9. The molecule has 116 valence electrons. The predicted molar refractivity (Wildman–Crippen MR) is 81.0 cm³/mol. The minimum atomic E-state index is -0.256. The van der Waals surface area contributed by atoms with Gasteiger partial charge < -0.3 is 14.4 Å². The van der Waals surface area contributed by atoms with Crippen molar-refractivity contribution in [3.8, 4) is 0 Å². The fourth-order valence-corrected chi connectivity index (χ4v) is 3.62. The zero-order chi connectivity index (χ0) is 15.6. The van der Waals surface area contributed by atoms with Crippen LogP contribution in [0.1, 0.15) is 34.1 Å². The lowest BCUT2D eigenvalue weighted by atomic mass is 10.1. The van der Waals surface area contributed by atoms with Gasteiger partial charge in [0.1, 0.15) is 0 Å². The summed E-state index contributed by atoms with van der Waals surface area (Å²) in [7, 11) is 0. The zero-order valence-electron chi connectivity index (χ0n) is 12.8. The van der Waals surface area contributed by atoms with Crippen molar-refractivity contribution in [1.82, 2.24) is 4.90 Å². The molecule has 1 unspecified atom stereocenters. The van der Waals surface area contributed by atoms with Crippen molar-refractivity contribution in [3.63, 3.8) is 0 Å². The Morgan fingerprint density at radius 2 is 2.19 bits per heavy atom. The van der Waals surface area contributed by atoms with E-state index < -0.39 is 0 Å². The molecule has 0 N–H and O–H groups in total. The van der Waals surface area contributed by atoms with Gasteiger partial charge in [-0.25, -0.2) is 4.79 Å². The van der Waals surface area contributed by atoms with Crippen LogP contribution in [0.2, 0.25) is 0 Å². The minimum Gasteiger partial charge on any atom is -0.466 e. The molecule has 0 radical (unpaired) electrons. The first-order chi connectivity index (χ1) is 9.93. The third kappa shape index (κ3) is 3.43. The smallest absolute Gasteiger partial charge is 0.337 e. The molecule has 0 aliphatic carbocycles. The zero-order valence-corrected chi connectivity index (χ0v) is 13.7. The molecular formula is C15H21NO4S. The van der Waals surface area contributed by atoms with Gasteiger partial charge in [0.2, 0.25) is 0 Å². The van der Waals surface area contributed by atoms with Crippen LogP contribution < -0.4 is 0 Å². The number of esters is 2. The SMILES string of the molecule is CCOC(=O)CC1=CSC2=C(C(=O)OC(C)C)C(C)CN12. The summed E-state index contributed by atoms with van der Waals surface area (Å²) in [5.74, 6) is -0.394. The molecule has 0 aromatic rings. The lowest BCUT2D eigenvalue weighted by Gasteiger charge is -2.18. The second kappa shape index (κ2) is 6.56. The van der Waals surface area contributed by atoms with Gasteiger partial charge in [-0.05, 0) is 26.2 Å². The number of fused-ring (bicyclic) bond motifs is 1. The Morgan fingerprint density at radius 1 is 1.48 bits per heavy atom. The molecule has 0 fully saturated rings. The average Bonchev–Trinajstić information content (AvgIpc) is 2.88. The molecule has 0 bridgehead atoms. The van der Waals surface area contributed by atoms with Crippen molar-refractivity contribution in [2.75, 3.05) is 13.2 Å². The number of nitrogens with zero attached hydrogens (tertiary/aromatic N) is 1. The van der Waals surface area contributed by atoms with Gasteiger partial charge in [0.05, 0.1) is 29.7 Å². The molecule has 0 aromatic heterocycles. The topological polar surface area (TPSA) is 55.8 Å². The Hall–Kier alpha value is -1.43. The van der Waals surface area contributed by atoms with Crippen LogP contribution in [0.5, 0.6) is 0 Å². The van der Waals surface area contributed by atoms with Gasteiger partial charge in [-0.2, -0.15) is 0 Å². The van der Waals surface area contributed by atoms with Gasteiger partial charge in [-0.15, -0.1) is 0 Å². The van der Waals surface area contributed by atoms with Crippen molar-refractivity contribution in [3.05, 3.63) is 21.7 Å². The first-order valence-corrected chi connectivity index (χ1v) is 8.06. The van der Waals surface area contributed by atoms with Gasteiger partial charge in [0.25, 0.3) is 0 Å². The molecule has 2 aliphatic rings. The van der Waals surface area contributed by atoms with Crippen LogP contribution in [0, 0.1) is 5.92 Å². The summed E-state index contributed by atoms with van der Waals surface area (Å²) in [6.07, 6.45) is 0.106. The highest BCUT2D eigenvalue weighted by atomic mass is 32.2.